The quantitative estimate of drug-likeness (QED) is 0.826. The lowest BCUT2D eigenvalue weighted by Crippen LogP contribution is -2.61. The van der Waals surface area contributed by atoms with Gasteiger partial charge in [0.15, 0.2) is 0 Å². The average Bonchev–Trinajstić information content (AvgIpc) is 2.38. The van der Waals surface area contributed by atoms with Crippen LogP contribution in [0.4, 0.5) is 0 Å². The number of halogens is 2. The van der Waals surface area contributed by atoms with Crippen molar-refractivity contribution in [3.05, 3.63) is 28.2 Å². The Morgan fingerprint density at radius 2 is 1.90 bits per heavy atom. The number of nitrogens with one attached hydrogen (secondary N) is 1. The lowest BCUT2D eigenvalue weighted by Gasteiger charge is -2.44. The molecule has 1 saturated carbocycles. The van der Waals surface area contributed by atoms with Gasteiger partial charge in [-0.25, -0.2) is 0 Å². The molecule has 3 atom stereocenters. The van der Waals surface area contributed by atoms with E-state index in [4.69, 9.17) is 32.7 Å². The Bertz CT molecular complexity index is 422. The second kappa shape index (κ2) is 7.51. The number of rotatable bonds is 7. The summed E-state index contributed by atoms with van der Waals surface area (Å²) < 4.78 is 11.7. The summed E-state index contributed by atoms with van der Waals surface area (Å²) in [5, 5.41) is 4.65. The number of hydrogen-bond acceptors (Lipinski definition) is 3. The molecule has 0 spiro atoms. The van der Waals surface area contributed by atoms with Crippen molar-refractivity contribution in [3.8, 4) is 5.75 Å². The van der Waals surface area contributed by atoms with Crippen LogP contribution in [0.2, 0.25) is 10.0 Å². The third kappa shape index (κ3) is 4.01. The molecule has 0 aromatic heterocycles. The first kappa shape index (κ1) is 15.9. The maximum atomic E-state index is 5.98. The van der Waals surface area contributed by atoms with Crippen LogP contribution in [0.5, 0.6) is 5.75 Å². The van der Waals surface area contributed by atoms with Gasteiger partial charge < -0.3 is 14.8 Å². The minimum Gasteiger partial charge on any atom is -0.487 e. The summed E-state index contributed by atoms with van der Waals surface area (Å²) in [5.41, 5.74) is 0. The van der Waals surface area contributed by atoms with E-state index in [9.17, 15) is 0 Å². The summed E-state index contributed by atoms with van der Waals surface area (Å²) in [4.78, 5) is 0. The van der Waals surface area contributed by atoms with Gasteiger partial charge in [0.2, 0.25) is 0 Å². The van der Waals surface area contributed by atoms with Crippen molar-refractivity contribution in [2.24, 2.45) is 0 Å². The fraction of sp³-hybridized carbons (Fsp3) is 0.600. The topological polar surface area (TPSA) is 30.5 Å². The molecule has 112 valence electrons. The molecular formula is C15H21Cl2NO2. The molecule has 0 saturated heterocycles. The normalized spacial score (nSPS) is 25.3. The molecule has 1 aromatic rings. The van der Waals surface area contributed by atoms with Gasteiger partial charge in [-0.3, -0.25) is 0 Å². The largest absolute Gasteiger partial charge is 0.487 e. The first-order valence-corrected chi connectivity index (χ1v) is 7.87. The molecule has 0 bridgehead atoms. The number of benzene rings is 1. The Morgan fingerprint density at radius 1 is 1.20 bits per heavy atom. The van der Waals surface area contributed by atoms with Gasteiger partial charge in [0.05, 0.1) is 0 Å². The fourth-order valence-electron chi connectivity index (χ4n) is 2.41. The molecule has 2 rings (SSSR count). The maximum Gasteiger partial charge on any atom is 0.128 e. The number of ether oxygens (including phenoxy) is 2. The Morgan fingerprint density at radius 3 is 2.50 bits per heavy atom. The molecule has 20 heavy (non-hydrogen) atoms. The third-order valence-electron chi connectivity index (χ3n) is 3.39. The predicted octanol–water partition coefficient (Wildman–Crippen LogP) is 3.92. The molecule has 1 aliphatic rings. The van der Waals surface area contributed by atoms with E-state index >= 15 is 0 Å². The zero-order chi connectivity index (χ0) is 14.5. The van der Waals surface area contributed by atoms with Gasteiger partial charge in [0.1, 0.15) is 18.0 Å². The molecule has 0 radical (unpaired) electrons. The van der Waals surface area contributed by atoms with Gasteiger partial charge in [-0.2, -0.15) is 0 Å². The van der Waals surface area contributed by atoms with Crippen LogP contribution in [0.1, 0.15) is 26.7 Å². The lowest BCUT2D eigenvalue weighted by molar-refractivity contribution is -0.104. The smallest absolute Gasteiger partial charge is 0.128 e. The lowest BCUT2D eigenvalue weighted by atomic mass is 9.85. The highest BCUT2D eigenvalue weighted by Crippen LogP contribution is 2.32. The van der Waals surface area contributed by atoms with E-state index in [0.29, 0.717) is 28.4 Å². The van der Waals surface area contributed by atoms with E-state index in [1.807, 2.05) is 6.92 Å². The first-order valence-electron chi connectivity index (χ1n) is 7.11. The summed E-state index contributed by atoms with van der Waals surface area (Å²) in [6, 6.07) is 5.63. The van der Waals surface area contributed by atoms with Crippen LogP contribution >= 0.6 is 23.2 Å². The third-order valence-corrected chi connectivity index (χ3v) is 3.82. The zero-order valence-electron chi connectivity index (χ0n) is 11.9. The van der Waals surface area contributed by atoms with Crippen molar-refractivity contribution < 1.29 is 9.47 Å². The first-order chi connectivity index (χ1) is 9.63. The summed E-state index contributed by atoms with van der Waals surface area (Å²) in [6.07, 6.45) is 2.20. The fourth-order valence-corrected chi connectivity index (χ4v) is 2.92. The maximum absolute atomic E-state index is 5.98. The van der Waals surface area contributed by atoms with E-state index < -0.39 is 0 Å². The van der Waals surface area contributed by atoms with Gasteiger partial charge in [-0.05, 0) is 38.1 Å². The Labute approximate surface area is 130 Å². The van der Waals surface area contributed by atoms with Gasteiger partial charge in [0, 0.05) is 29.1 Å². The van der Waals surface area contributed by atoms with Gasteiger partial charge in [-0.15, -0.1) is 0 Å². The van der Waals surface area contributed by atoms with Crippen LogP contribution in [0, 0.1) is 0 Å². The minimum atomic E-state index is 0.0545. The zero-order valence-corrected chi connectivity index (χ0v) is 13.4. The van der Waals surface area contributed by atoms with E-state index in [-0.39, 0.29) is 12.2 Å². The Hall–Kier alpha value is -0.480. The van der Waals surface area contributed by atoms with Gasteiger partial charge in [-0.1, -0.05) is 30.1 Å². The van der Waals surface area contributed by atoms with Crippen molar-refractivity contribution in [3.63, 3.8) is 0 Å². The molecular weight excluding hydrogens is 297 g/mol. The van der Waals surface area contributed by atoms with Crippen LogP contribution in [-0.4, -0.2) is 31.4 Å². The molecule has 1 aromatic carbocycles. The molecule has 3 nitrogen and oxygen atoms in total. The molecule has 1 aliphatic carbocycles. The molecule has 1 fully saturated rings. The summed E-state index contributed by atoms with van der Waals surface area (Å²) >= 11 is 12.0. The van der Waals surface area contributed by atoms with Crippen molar-refractivity contribution in [2.75, 3.05) is 13.2 Å². The van der Waals surface area contributed by atoms with E-state index in [1.54, 1.807) is 18.2 Å². The molecule has 0 amide bonds. The van der Waals surface area contributed by atoms with Crippen LogP contribution in [-0.2, 0) is 4.74 Å². The highest BCUT2D eigenvalue weighted by Gasteiger charge is 2.43. The number of hydrogen-bond donors (Lipinski definition) is 1. The van der Waals surface area contributed by atoms with Crippen molar-refractivity contribution in [1.29, 1.82) is 0 Å². The van der Waals surface area contributed by atoms with Crippen LogP contribution in [0.25, 0.3) is 0 Å². The Balaban J connectivity index is 1.95. The van der Waals surface area contributed by atoms with Crippen molar-refractivity contribution in [1.82, 2.24) is 5.32 Å². The molecule has 5 heteroatoms. The summed E-state index contributed by atoms with van der Waals surface area (Å²) in [7, 11) is 0. The highest BCUT2D eigenvalue weighted by molar-refractivity contribution is 6.34. The van der Waals surface area contributed by atoms with Crippen LogP contribution in [0.15, 0.2) is 18.2 Å². The van der Waals surface area contributed by atoms with Crippen molar-refractivity contribution in [2.45, 2.75) is 44.9 Å². The second-order valence-corrected chi connectivity index (χ2v) is 5.85. The molecule has 1 N–H and O–H groups in total. The second-order valence-electron chi connectivity index (χ2n) is 4.98. The average molecular weight is 318 g/mol. The van der Waals surface area contributed by atoms with Crippen molar-refractivity contribution >= 4 is 23.2 Å². The molecule has 0 heterocycles. The predicted molar refractivity (Wildman–Crippen MR) is 83.0 cm³/mol. The Kier molecular flexibility index (Phi) is 5.97. The monoisotopic (exact) mass is 317 g/mol. The van der Waals surface area contributed by atoms with Crippen LogP contribution < -0.4 is 10.1 Å². The van der Waals surface area contributed by atoms with Crippen LogP contribution in [0.3, 0.4) is 0 Å². The highest BCUT2D eigenvalue weighted by atomic mass is 35.5. The van der Waals surface area contributed by atoms with Gasteiger partial charge in [0.25, 0.3) is 0 Å². The summed E-state index contributed by atoms with van der Waals surface area (Å²) in [6.45, 7) is 5.85. The van der Waals surface area contributed by atoms with E-state index in [2.05, 4.69) is 12.2 Å². The van der Waals surface area contributed by atoms with E-state index in [1.165, 1.54) is 0 Å². The van der Waals surface area contributed by atoms with E-state index in [0.717, 1.165) is 19.4 Å². The minimum absolute atomic E-state index is 0.0545. The SMILES string of the molecule is CCCNC1CC(Oc2cc(Cl)cc(Cl)c2)C1OCC. The molecule has 0 aliphatic heterocycles. The summed E-state index contributed by atoms with van der Waals surface area (Å²) in [5.74, 6) is 0.700. The standard InChI is InChI=1S/C15H21Cl2NO2/c1-3-5-18-13-9-14(15(13)19-4-2)20-12-7-10(16)6-11(17)8-12/h6-8,13-15,18H,3-5,9H2,1-2H3. The van der Waals surface area contributed by atoms with Gasteiger partial charge >= 0.3 is 0 Å². The molecule has 3 unspecified atom stereocenters.